The van der Waals surface area contributed by atoms with Gasteiger partial charge in [0.25, 0.3) is 12.3 Å². The number of ether oxygens (including phenoxy) is 2. The average molecular weight is 636 g/mol. The van der Waals surface area contributed by atoms with Crippen LogP contribution in [-0.2, 0) is 15.8 Å². The highest BCUT2D eigenvalue weighted by molar-refractivity contribution is 6.00. The number of hydrogen-bond acceptors (Lipinski definition) is 8. The molecule has 0 saturated heterocycles. The molecule has 236 valence electrons. The van der Waals surface area contributed by atoms with Crippen LogP contribution in [-0.4, -0.2) is 58.5 Å². The highest BCUT2D eigenvalue weighted by Gasteiger charge is 2.57. The lowest BCUT2D eigenvalue weighted by Crippen LogP contribution is -2.51. The first-order valence-corrected chi connectivity index (χ1v) is 13.0. The molecule has 0 fully saturated rings. The maximum Gasteiger partial charge on any atom is 0.424 e. The normalized spacial score (nSPS) is 17.5. The lowest BCUT2D eigenvalue weighted by atomic mass is 9.81. The molecule has 2 aromatic heterocycles. The summed E-state index contributed by atoms with van der Waals surface area (Å²) in [6, 6.07) is 8.47. The Balaban J connectivity index is 1.58. The fourth-order valence-corrected chi connectivity index (χ4v) is 4.78. The van der Waals surface area contributed by atoms with E-state index in [2.05, 4.69) is 15.2 Å². The summed E-state index contributed by atoms with van der Waals surface area (Å²) in [7, 11) is 1.20. The zero-order chi connectivity index (χ0) is 32.9. The van der Waals surface area contributed by atoms with Gasteiger partial charge in [0.2, 0.25) is 11.5 Å². The number of nitrogens with zero attached hydrogens (tertiary/aromatic N) is 3. The predicted octanol–water partition coefficient (Wildman–Crippen LogP) is 4.09. The molecule has 1 aliphatic heterocycles. The maximum atomic E-state index is 14.7. The first-order chi connectivity index (χ1) is 21.1. The number of carbonyl (C=O) groups is 2. The fourth-order valence-electron chi connectivity index (χ4n) is 4.78. The number of amides is 2. The molecular formula is C29H23F6N5O5. The number of hydrogen-bond donors (Lipinski definition) is 3. The number of halogens is 6. The van der Waals surface area contributed by atoms with Gasteiger partial charge in [-0.1, -0.05) is 0 Å². The van der Waals surface area contributed by atoms with E-state index in [4.69, 9.17) is 15.2 Å². The van der Waals surface area contributed by atoms with E-state index >= 15 is 0 Å². The number of methoxy groups -OCH3 is 1. The quantitative estimate of drug-likeness (QED) is 0.245. The van der Waals surface area contributed by atoms with Crippen molar-refractivity contribution >= 4 is 22.7 Å². The molecule has 2 aromatic carbocycles. The number of carbonyl (C=O) groups excluding carboxylic acids is 2. The Hall–Kier alpha value is -4.99. The number of alkyl halides is 5. The number of primary amides is 1. The van der Waals surface area contributed by atoms with Crippen molar-refractivity contribution in [1.82, 2.24) is 20.5 Å². The highest BCUT2D eigenvalue weighted by atomic mass is 19.4. The summed E-state index contributed by atoms with van der Waals surface area (Å²) in [5.41, 5.74) is -2.17. The van der Waals surface area contributed by atoms with Crippen LogP contribution < -0.4 is 20.5 Å². The highest BCUT2D eigenvalue weighted by Crippen LogP contribution is 2.47. The van der Waals surface area contributed by atoms with Crippen LogP contribution in [0.25, 0.3) is 22.2 Å². The van der Waals surface area contributed by atoms with Gasteiger partial charge in [-0.15, -0.1) is 10.2 Å². The number of aromatic nitrogens is 3. The summed E-state index contributed by atoms with van der Waals surface area (Å²) in [6.07, 6.45) is -8.44. The van der Waals surface area contributed by atoms with Gasteiger partial charge in [0.05, 0.1) is 19.3 Å². The summed E-state index contributed by atoms with van der Waals surface area (Å²) in [4.78, 5) is 29.5. The van der Waals surface area contributed by atoms with Crippen LogP contribution in [0.5, 0.6) is 11.5 Å². The van der Waals surface area contributed by atoms with Crippen LogP contribution in [0.15, 0.2) is 48.5 Å². The molecule has 5 rings (SSSR count). The molecule has 1 aliphatic rings. The summed E-state index contributed by atoms with van der Waals surface area (Å²) in [6.45, 7) is -0.486. The molecule has 0 spiro atoms. The molecule has 2 amide bonds. The number of nitrogens with two attached hydrogens (primary N) is 1. The summed E-state index contributed by atoms with van der Waals surface area (Å²) in [5, 5.41) is 20.3. The molecule has 0 radical (unpaired) electrons. The first kappa shape index (κ1) is 31.4. The number of benzene rings is 2. The molecule has 1 unspecified atom stereocenters. The van der Waals surface area contributed by atoms with E-state index in [0.29, 0.717) is 0 Å². The number of pyridine rings is 1. The second-order valence-electron chi connectivity index (χ2n) is 10.5. The van der Waals surface area contributed by atoms with Gasteiger partial charge in [-0.3, -0.25) is 9.59 Å². The standard InChI is InChI=1S/C29H23F6N5O5/c1-27(26(36)42)12-45-23-17(27)10-20(38-22(23)13-3-5-16(30)6-4-13)28(43,29(33,34)35)11-37-25(41)15-7-14-8-18(24(31)32)39-40-21(14)19(9-15)44-2/h3-10,24,43H,11-12H2,1-2H3,(H2,36,42)(H,37,41)/t27-,28?/m0/s1. The van der Waals surface area contributed by atoms with Crippen molar-refractivity contribution < 1.29 is 50.5 Å². The van der Waals surface area contributed by atoms with Gasteiger partial charge in [0.1, 0.15) is 46.2 Å². The smallest absolute Gasteiger partial charge is 0.424 e. The molecular weight excluding hydrogens is 612 g/mol. The molecule has 4 aromatic rings. The second-order valence-corrected chi connectivity index (χ2v) is 10.5. The van der Waals surface area contributed by atoms with Crippen LogP contribution in [0.3, 0.4) is 0 Å². The Morgan fingerprint density at radius 2 is 1.82 bits per heavy atom. The van der Waals surface area contributed by atoms with Crippen LogP contribution >= 0.6 is 0 Å². The Labute approximate surface area is 250 Å². The van der Waals surface area contributed by atoms with Crippen molar-refractivity contribution in [2.75, 3.05) is 20.3 Å². The molecule has 10 nitrogen and oxygen atoms in total. The van der Waals surface area contributed by atoms with Gasteiger partial charge in [-0.05, 0) is 55.5 Å². The van der Waals surface area contributed by atoms with Crippen molar-refractivity contribution in [2.24, 2.45) is 5.73 Å². The van der Waals surface area contributed by atoms with E-state index < -0.39 is 59.2 Å². The third-order valence-corrected chi connectivity index (χ3v) is 7.51. The van der Waals surface area contributed by atoms with Gasteiger partial charge in [0.15, 0.2) is 0 Å². The van der Waals surface area contributed by atoms with Gasteiger partial charge >= 0.3 is 6.18 Å². The van der Waals surface area contributed by atoms with E-state index in [1.165, 1.54) is 26.2 Å². The molecule has 0 bridgehead atoms. The zero-order valence-corrected chi connectivity index (χ0v) is 23.4. The molecule has 0 saturated carbocycles. The van der Waals surface area contributed by atoms with E-state index in [0.717, 1.165) is 36.4 Å². The largest absolute Gasteiger partial charge is 0.494 e. The van der Waals surface area contributed by atoms with Crippen molar-refractivity contribution in [3.63, 3.8) is 0 Å². The van der Waals surface area contributed by atoms with Gasteiger partial charge < -0.3 is 25.6 Å². The zero-order valence-electron chi connectivity index (χ0n) is 23.4. The average Bonchev–Trinajstić information content (AvgIpc) is 3.35. The molecule has 3 heterocycles. The van der Waals surface area contributed by atoms with E-state index in [-0.39, 0.29) is 51.4 Å². The molecule has 16 heteroatoms. The van der Waals surface area contributed by atoms with Gasteiger partial charge in [0, 0.05) is 22.1 Å². The van der Waals surface area contributed by atoms with E-state index in [1.807, 2.05) is 5.32 Å². The topological polar surface area (TPSA) is 150 Å². The predicted molar refractivity (Wildman–Crippen MR) is 145 cm³/mol. The van der Waals surface area contributed by atoms with Crippen molar-refractivity contribution in [2.45, 2.75) is 30.5 Å². The minimum absolute atomic E-state index is 0.00847. The Morgan fingerprint density at radius 1 is 1.13 bits per heavy atom. The molecule has 4 N–H and O–H groups in total. The third kappa shape index (κ3) is 5.45. The lowest BCUT2D eigenvalue weighted by Gasteiger charge is -2.31. The second kappa shape index (κ2) is 11.2. The summed E-state index contributed by atoms with van der Waals surface area (Å²) >= 11 is 0. The number of rotatable bonds is 8. The number of nitrogens with one attached hydrogen (secondary N) is 1. The lowest BCUT2D eigenvalue weighted by molar-refractivity contribution is -0.265. The molecule has 2 atom stereocenters. The maximum absolute atomic E-state index is 14.7. The van der Waals surface area contributed by atoms with Crippen molar-refractivity contribution in [3.8, 4) is 22.8 Å². The summed E-state index contributed by atoms with van der Waals surface area (Å²) in [5.74, 6) is -2.88. The van der Waals surface area contributed by atoms with Crippen LogP contribution in [0.1, 0.15) is 40.7 Å². The van der Waals surface area contributed by atoms with Crippen molar-refractivity contribution in [3.05, 3.63) is 76.9 Å². The van der Waals surface area contributed by atoms with Crippen LogP contribution in [0.2, 0.25) is 0 Å². The molecule has 0 aliphatic carbocycles. The van der Waals surface area contributed by atoms with E-state index in [9.17, 15) is 41.0 Å². The Morgan fingerprint density at radius 3 is 2.42 bits per heavy atom. The number of aliphatic hydroxyl groups is 1. The summed E-state index contributed by atoms with van der Waals surface area (Å²) < 4.78 is 94.8. The monoisotopic (exact) mass is 635 g/mol. The van der Waals surface area contributed by atoms with Crippen LogP contribution in [0, 0.1) is 5.82 Å². The first-order valence-electron chi connectivity index (χ1n) is 13.0. The number of fused-ring (bicyclic) bond motifs is 2. The molecule has 45 heavy (non-hydrogen) atoms. The fraction of sp³-hybridized carbons (Fsp3) is 0.276. The van der Waals surface area contributed by atoms with Crippen LogP contribution in [0.4, 0.5) is 26.3 Å². The third-order valence-electron chi connectivity index (χ3n) is 7.51. The van der Waals surface area contributed by atoms with Gasteiger partial charge in [-0.25, -0.2) is 18.2 Å². The minimum Gasteiger partial charge on any atom is -0.494 e. The van der Waals surface area contributed by atoms with Gasteiger partial charge in [-0.2, -0.15) is 13.2 Å². The Kier molecular flexibility index (Phi) is 7.81. The minimum atomic E-state index is -5.45. The van der Waals surface area contributed by atoms with Crippen molar-refractivity contribution in [1.29, 1.82) is 0 Å². The van der Waals surface area contributed by atoms with E-state index in [1.54, 1.807) is 0 Å². The SMILES string of the molecule is COc1cc(C(=O)NCC(O)(c2cc3c(c(-c4ccc(F)cc4)n2)OC[C@]3(C)C(N)=O)C(F)(F)F)cc2cc(C(F)F)nnc12. The Bertz CT molecular complexity index is 1820.